The fourth-order valence-corrected chi connectivity index (χ4v) is 2.72. The topological polar surface area (TPSA) is 22.1 Å². The Kier molecular flexibility index (Phi) is 4.79. The molecule has 0 N–H and O–H groups in total. The largest absolute Gasteiger partial charge is 0.496 e. The van der Waals surface area contributed by atoms with Crippen molar-refractivity contribution in [1.29, 1.82) is 0 Å². The third kappa shape index (κ3) is 3.54. The van der Waals surface area contributed by atoms with Gasteiger partial charge in [-0.3, -0.25) is 4.98 Å². The van der Waals surface area contributed by atoms with Crippen LogP contribution in [0.4, 0.5) is 4.39 Å². The second-order valence-corrected chi connectivity index (χ2v) is 7.39. The maximum absolute atomic E-state index is 14.3. The van der Waals surface area contributed by atoms with Gasteiger partial charge in [-0.05, 0) is 41.0 Å². The smallest absolute Gasteiger partial charge is 0.131 e. The molecule has 124 valence electrons. The third-order valence-corrected chi connectivity index (χ3v) is 4.03. The third-order valence-electron chi connectivity index (χ3n) is 4.03. The van der Waals surface area contributed by atoms with Gasteiger partial charge in [-0.1, -0.05) is 40.7 Å². The number of rotatable bonds is 3. The molecule has 0 atom stereocenters. The highest BCUT2D eigenvalue weighted by molar-refractivity contribution is 5.72. The second-order valence-electron chi connectivity index (χ2n) is 7.39. The number of hydrogen-bond acceptors (Lipinski definition) is 2. The van der Waals surface area contributed by atoms with Crippen LogP contribution in [0, 0.1) is 12.7 Å². The summed E-state index contributed by atoms with van der Waals surface area (Å²) in [6, 6.07) is 5.50. The predicted molar refractivity (Wildman–Crippen MR) is 93.7 cm³/mol. The molecular weight excluding hydrogens is 289 g/mol. The molecule has 0 unspecified atom stereocenters. The van der Waals surface area contributed by atoms with Crippen molar-refractivity contribution >= 4 is 0 Å². The van der Waals surface area contributed by atoms with Crippen LogP contribution in [0.3, 0.4) is 0 Å². The van der Waals surface area contributed by atoms with Crippen molar-refractivity contribution in [2.45, 2.75) is 52.9 Å². The zero-order valence-corrected chi connectivity index (χ0v) is 15.1. The predicted octanol–water partition coefficient (Wildman–Crippen LogP) is 5.63. The highest BCUT2D eigenvalue weighted by atomic mass is 19.1. The van der Waals surface area contributed by atoms with E-state index < -0.39 is 0 Å². The van der Waals surface area contributed by atoms with Gasteiger partial charge < -0.3 is 4.74 Å². The van der Waals surface area contributed by atoms with Gasteiger partial charge in [0.25, 0.3) is 0 Å². The fourth-order valence-electron chi connectivity index (χ4n) is 2.72. The minimum absolute atomic E-state index is 0.0637. The second kappa shape index (κ2) is 6.31. The number of halogens is 1. The van der Waals surface area contributed by atoms with E-state index in [0.29, 0.717) is 11.3 Å². The van der Waals surface area contributed by atoms with Gasteiger partial charge in [0.2, 0.25) is 0 Å². The molecule has 0 amide bonds. The summed E-state index contributed by atoms with van der Waals surface area (Å²) in [5.41, 5.74) is 4.58. The molecule has 23 heavy (non-hydrogen) atoms. The van der Waals surface area contributed by atoms with Crippen LogP contribution < -0.4 is 4.74 Å². The quantitative estimate of drug-likeness (QED) is 0.732. The Morgan fingerprint density at radius 1 is 1.13 bits per heavy atom. The lowest BCUT2D eigenvalue weighted by Gasteiger charge is -2.24. The van der Waals surface area contributed by atoms with Crippen LogP contribution >= 0.6 is 0 Å². The van der Waals surface area contributed by atoms with Gasteiger partial charge in [0.1, 0.15) is 11.6 Å². The van der Waals surface area contributed by atoms with Gasteiger partial charge >= 0.3 is 0 Å². The average Bonchev–Trinajstić information content (AvgIpc) is 2.45. The molecule has 1 aromatic heterocycles. The molecule has 0 aliphatic carbocycles. The van der Waals surface area contributed by atoms with E-state index in [1.165, 1.54) is 6.07 Å². The molecule has 0 aliphatic rings. The van der Waals surface area contributed by atoms with Crippen LogP contribution in [0.1, 0.15) is 57.2 Å². The average molecular weight is 315 g/mol. The van der Waals surface area contributed by atoms with Crippen LogP contribution in [0.5, 0.6) is 5.75 Å². The van der Waals surface area contributed by atoms with Gasteiger partial charge in [-0.15, -0.1) is 0 Å². The van der Waals surface area contributed by atoms with E-state index in [1.807, 2.05) is 33.0 Å². The first-order chi connectivity index (χ1) is 10.6. The van der Waals surface area contributed by atoms with Gasteiger partial charge in [-0.2, -0.15) is 0 Å². The molecule has 0 fully saturated rings. The molecule has 2 rings (SSSR count). The van der Waals surface area contributed by atoms with Gasteiger partial charge in [0.15, 0.2) is 0 Å². The molecule has 0 spiro atoms. The first kappa shape index (κ1) is 17.5. The summed E-state index contributed by atoms with van der Waals surface area (Å²) in [4.78, 5) is 4.65. The molecule has 2 nitrogen and oxygen atoms in total. The van der Waals surface area contributed by atoms with Gasteiger partial charge in [0, 0.05) is 17.8 Å². The Bertz CT molecular complexity index is 714. The molecule has 0 bridgehead atoms. The molecule has 1 aromatic carbocycles. The number of benzene rings is 1. The number of hydrogen-bond donors (Lipinski definition) is 0. The van der Waals surface area contributed by atoms with Crippen LogP contribution in [0.15, 0.2) is 24.4 Å². The molecular formula is C20H26FNO. The summed E-state index contributed by atoms with van der Waals surface area (Å²) < 4.78 is 19.7. The molecule has 1 heterocycles. The van der Waals surface area contributed by atoms with Crippen molar-refractivity contribution in [2.75, 3.05) is 7.11 Å². The lowest BCUT2D eigenvalue weighted by molar-refractivity contribution is 0.412. The van der Waals surface area contributed by atoms with E-state index in [-0.39, 0.29) is 17.2 Å². The van der Waals surface area contributed by atoms with Crippen molar-refractivity contribution in [3.63, 3.8) is 0 Å². The van der Waals surface area contributed by atoms with Crippen molar-refractivity contribution in [2.24, 2.45) is 0 Å². The highest BCUT2D eigenvalue weighted by Gasteiger charge is 2.23. The minimum Gasteiger partial charge on any atom is -0.496 e. The van der Waals surface area contributed by atoms with E-state index in [0.717, 1.165) is 22.4 Å². The molecule has 2 aromatic rings. The Morgan fingerprint density at radius 2 is 1.78 bits per heavy atom. The van der Waals surface area contributed by atoms with E-state index in [9.17, 15) is 4.39 Å². The van der Waals surface area contributed by atoms with Crippen molar-refractivity contribution in [3.05, 3.63) is 46.9 Å². The zero-order valence-electron chi connectivity index (χ0n) is 15.1. The maximum atomic E-state index is 14.3. The Hall–Kier alpha value is -1.90. The normalized spacial score (nSPS) is 11.9. The van der Waals surface area contributed by atoms with E-state index in [2.05, 4.69) is 31.8 Å². The van der Waals surface area contributed by atoms with Gasteiger partial charge in [0.05, 0.1) is 12.8 Å². The summed E-state index contributed by atoms with van der Waals surface area (Å²) in [6.07, 6.45) is 1.85. The van der Waals surface area contributed by atoms with E-state index in [1.54, 1.807) is 7.11 Å². The Balaban J connectivity index is 2.78. The molecule has 0 saturated carbocycles. The molecule has 0 saturated heterocycles. The summed E-state index contributed by atoms with van der Waals surface area (Å²) in [6.45, 7) is 12.5. The van der Waals surface area contributed by atoms with Crippen molar-refractivity contribution in [3.8, 4) is 17.0 Å². The van der Waals surface area contributed by atoms with Crippen LogP contribution in [-0.4, -0.2) is 12.1 Å². The first-order valence-corrected chi connectivity index (χ1v) is 8.00. The molecule has 0 aliphatic heterocycles. The van der Waals surface area contributed by atoms with Crippen molar-refractivity contribution < 1.29 is 9.13 Å². The Morgan fingerprint density at radius 3 is 2.30 bits per heavy atom. The summed E-state index contributed by atoms with van der Waals surface area (Å²) in [5, 5.41) is 0. The number of methoxy groups -OCH3 is 1. The number of aryl methyl sites for hydroxylation is 1. The van der Waals surface area contributed by atoms with E-state index >= 15 is 0 Å². The number of nitrogens with zero attached hydrogens (tertiary/aromatic N) is 1. The lowest BCUT2D eigenvalue weighted by atomic mass is 9.83. The number of aromatic nitrogens is 1. The van der Waals surface area contributed by atoms with Crippen molar-refractivity contribution in [1.82, 2.24) is 4.98 Å². The Labute approximate surface area is 138 Å². The fraction of sp³-hybridized carbons (Fsp3) is 0.450. The standard InChI is InChI=1S/C20H26FNO/c1-12(2)14-9-15(18(23-7)10-17(14)21)19-16(20(4,5)6)8-13(3)11-22-19/h8-12H,1-7H3. The van der Waals surface area contributed by atoms with Crippen LogP contribution in [0.2, 0.25) is 0 Å². The lowest BCUT2D eigenvalue weighted by Crippen LogP contribution is -2.14. The van der Waals surface area contributed by atoms with Gasteiger partial charge in [-0.25, -0.2) is 4.39 Å². The monoisotopic (exact) mass is 315 g/mol. The number of ether oxygens (including phenoxy) is 1. The highest BCUT2D eigenvalue weighted by Crippen LogP contribution is 2.39. The molecule has 3 heteroatoms. The summed E-state index contributed by atoms with van der Waals surface area (Å²) >= 11 is 0. The van der Waals surface area contributed by atoms with Crippen LogP contribution in [-0.2, 0) is 5.41 Å². The van der Waals surface area contributed by atoms with E-state index in [4.69, 9.17) is 4.74 Å². The van der Waals surface area contributed by atoms with Crippen LogP contribution in [0.25, 0.3) is 11.3 Å². The summed E-state index contributed by atoms with van der Waals surface area (Å²) in [7, 11) is 1.57. The SMILES string of the molecule is COc1cc(F)c(C(C)C)cc1-c1ncc(C)cc1C(C)(C)C. The minimum atomic E-state index is -0.231. The summed E-state index contributed by atoms with van der Waals surface area (Å²) in [5.74, 6) is 0.391. The zero-order chi connectivity index (χ0) is 17.4. The first-order valence-electron chi connectivity index (χ1n) is 8.00. The molecule has 0 radical (unpaired) electrons. The number of pyridine rings is 1. The maximum Gasteiger partial charge on any atom is 0.131 e.